The second-order valence-corrected chi connectivity index (χ2v) is 4.51. The Morgan fingerprint density at radius 3 is 3.21 bits per heavy atom. The van der Waals surface area contributed by atoms with Crippen LogP contribution in [0.5, 0.6) is 0 Å². The molecule has 1 aromatic heterocycles. The number of ether oxygens (including phenoxy) is 1. The molecule has 2 rings (SSSR count). The lowest BCUT2D eigenvalue weighted by molar-refractivity contribution is -0.0103. The molecule has 0 aliphatic carbocycles. The molecular weight excluding hydrogens is 248 g/mol. The number of nitrogens with one attached hydrogen (secondary N) is 1. The van der Waals surface area contributed by atoms with Gasteiger partial charge in [0.05, 0.1) is 26.0 Å². The zero-order valence-electron chi connectivity index (χ0n) is 11.1. The second kappa shape index (κ2) is 6.60. The summed E-state index contributed by atoms with van der Waals surface area (Å²) in [5, 5.41) is 7.68. The van der Waals surface area contributed by atoms with Crippen molar-refractivity contribution in [2.75, 3.05) is 26.3 Å². The van der Waals surface area contributed by atoms with Crippen LogP contribution in [0.15, 0.2) is 6.20 Å². The third kappa shape index (κ3) is 3.49. The van der Waals surface area contributed by atoms with Gasteiger partial charge in [-0.25, -0.2) is 5.84 Å². The highest BCUT2D eigenvalue weighted by atomic mass is 16.5. The minimum Gasteiger partial charge on any atom is -0.378 e. The lowest BCUT2D eigenvalue weighted by atomic mass is 10.2. The Hall–Kier alpha value is -1.51. The zero-order chi connectivity index (χ0) is 13.7. The Kier molecular flexibility index (Phi) is 4.83. The van der Waals surface area contributed by atoms with Crippen LogP contribution in [-0.2, 0) is 11.3 Å². The number of nitrogens with two attached hydrogens (primary N) is 1. The highest BCUT2D eigenvalue weighted by Gasteiger charge is 2.21. The van der Waals surface area contributed by atoms with Crippen LogP contribution in [0, 0.1) is 0 Å². The highest BCUT2D eigenvalue weighted by Crippen LogP contribution is 2.09. The van der Waals surface area contributed by atoms with E-state index in [1.807, 2.05) is 5.43 Å². The number of hydrogen-bond acceptors (Lipinski definition) is 6. The highest BCUT2D eigenvalue weighted by molar-refractivity contribution is 5.91. The first-order valence-electron chi connectivity index (χ1n) is 6.47. The van der Waals surface area contributed by atoms with E-state index in [2.05, 4.69) is 22.1 Å². The molecule has 0 aromatic carbocycles. The maximum atomic E-state index is 11.3. The van der Waals surface area contributed by atoms with Gasteiger partial charge in [0.2, 0.25) is 0 Å². The molecule has 8 heteroatoms. The van der Waals surface area contributed by atoms with E-state index in [9.17, 15) is 4.79 Å². The summed E-state index contributed by atoms with van der Waals surface area (Å²) in [7, 11) is 0. The van der Waals surface area contributed by atoms with E-state index >= 15 is 0 Å². The van der Waals surface area contributed by atoms with Gasteiger partial charge in [-0.2, -0.15) is 0 Å². The standard InChI is InChI=1S/C11H20N6O2/c1-2-9-8-19-6-5-16(9)3-4-17-7-10(14-15-17)11(18)13-12/h7,9H,2-6,8,12H2,1H3,(H,13,18). The minimum atomic E-state index is -0.427. The second-order valence-electron chi connectivity index (χ2n) is 4.51. The number of hydrazine groups is 1. The van der Waals surface area contributed by atoms with E-state index in [4.69, 9.17) is 10.6 Å². The summed E-state index contributed by atoms with van der Waals surface area (Å²) in [6, 6.07) is 0.462. The number of aromatic nitrogens is 3. The number of carbonyl (C=O) groups is 1. The molecule has 1 atom stereocenters. The van der Waals surface area contributed by atoms with Crippen LogP contribution in [0.2, 0.25) is 0 Å². The summed E-state index contributed by atoms with van der Waals surface area (Å²) in [5.74, 6) is 4.61. The Labute approximate surface area is 111 Å². The van der Waals surface area contributed by atoms with Crippen LogP contribution < -0.4 is 11.3 Å². The van der Waals surface area contributed by atoms with Gasteiger partial charge in [-0.3, -0.25) is 19.8 Å². The molecule has 2 heterocycles. The average Bonchev–Trinajstić information content (AvgIpc) is 2.93. The molecule has 106 valence electrons. The average molecular weight is 268 g/mol. The molecule has 1 aromatic rings. The topological polar surface area (TPSA) is 98.3 Å². The molecule has 1 amide bonds. The van der Waals surface area contributed by atoms with Crippen molar-refractivity contribution in [1.82, 2.24) is 25.3 Å². The fraction of sp³-hybridized carbons (Fsp3) is 0.727. The molecule has 1 aliphatic rings. The fourth-order valence-electron chi connectivity index (χ4n) is 2.18. The largest absolute Gasteiger partial charge is 0.378 e. The number of carbonyl (C=O) groups excluding carboxylic acids is 1. The normalized spacial score (nSPS) is 20.4. The third-order valence-corrected chi connectivity index (χ3v) is 3.34. The summed E-state index contributed by atoms with van der Waals surface area (Å²) in [4.78, 5) is 13.6. The van der Waals surface area contributed by atoms with Crippen LogP contribution >= 0.6 is 0 Å². The molecule has 1 saturated heterocycles. The van der Waals surface area contributed by atoms with E-state index in [1.165, 1.54) is 0 Å². The van der Waals surface area contributed by atoms with Crippen LogP contribution in [0.1, 0.15) is 23.8 Å². The van der Waals surface area contributed by atoms with E-state index in [1.54, 1.807) is 10.9 Å². The van der Waals surface area contributed by atoms with Crippen molar-refractivity contribution < 1.29 is 9.53 Å². The smallest absolute Gasteiger partial charge is 0.287 e. The first kappa shape index (κ1) is 13.9. The number of morpholine rings is 1. The van der Waals surface area contributed by atoms with Crippen LogP contribution in [0.3, 0.4) is 0 Å². The summed E-state index contributed by atoms with van der Waals surface area (Å²) >= 11 is 0. The van der Waals surface area contributed by atoms with Gasteiger partial charge in [0, 0.05) is 19.1 Å². The third-order valence-electron chi connectivity index (χ3n) is 3.34. The van der Waals surface area contributed by atoms with Crippen molar-refractivity contribution in [2.24, 2.45) is 5.84 Å². The van der Waals surface area contributed by atoms with Crippen molar-refractivity contribution in [1.29, 1.82) is 0 Å². The zero-order valence-corrected chi connectivity index (χ0v) is 11.1. The monoisotopic (exact) mass is 268 g/mol. The van der Waals surface area contributed by atoms with Gasteiger partial charge in [-0.15, -0.1) is 5.10 Å². The van der Waals surface area contributed by atoms with Crippen molar-refractivity contribution in [3.8, 4) is 0 Å². The van der Waals surface area contributed by atoms with Gasteiger partial charge >= 0.3 is 0 Å². The molecule has 0 radical (unpaired) electrons. The van der Waals surface area contributed by atoms with Crippen molar-refractivity contribution in [2.45, 2.75) is 25.9 Å². The Morgan fingerprint density at radius 2 is 2.47 bits per heavy atom. The first-order valence-corrected chi connectivity index (χ1v) is 6.47. The lowest BCUT2D eigenvalue weighted by Gasteiger charge is -2.34. The molecule has 19 heavy (non-hydrogen) atoms. The molecule has 1 fully saturated rings. The number of amides is 1. The van der Waals surface area contributed by atoms with E-state index in [0.717, 1.165) is 32.7 Å². The summed E-state index contributed by atoms with van der Waals surface area (Å²) in [6.07, 6.45) is 2.67. The Bertz CT molecular complexity index is 421. The quantitative estimate of drug-likeness (QED) is 0.403. The van der Waals surface area contributed by atoms with Gasteiger partial charge in [0.1, 0.15) is 0 Å². The molecule has 0 spiro atoms. The molecule has 1 unspecified atom stereocenters. The fourth-order valence-corrected chi connectivity index (χ4v) is 2.18. The van der Waals surface area contributed by atoms with Gasteiger partial charge in [-0.1, -0.05) is 12.1 Å². The van der Waals surface area contributed by atoms with Crippen molar-refractivity contribution in [3.63, 3.8) is 0 Å². The molecule has 8 nitrogen and oxygen atoms in total. The van der Waals surface area contributed by atoms with Crippen LogP contribution in [-0.4, -0.2) is 58.1 Å². The molecule has 0 bridgehead atoms. The molecule has 0 saturated carbocycles. The van der Waals surface area contributed by atoms with Crippen LogP contribution in [0.25, 0.3) is 0 Å². The molecule has 1 aliphatic heterocycles. The maximum Gasteiger partial charge on any atom is 0.287 e. The molecule has 3 N–H and O–H groups in total. The number of nitrogen functional groups attached to an aromatic ring is 1. The Balaban J connectivity index is 1.87. The summed E-state index contributed by atoms with van der Waals surface area (Å²) in [5.41, 5.74) is 2.27. The minimum absolute atomic E-state index is 0.233. The van der Waals surface area contributed by atoms with Crippen molar-refractivity contribution >= 4 is 5.91 Å². The van der Waals surface area contributed by atoms with E-state index in [0.29, 0.717) is 12.6 Å². The first-order chi connectivity index (χ1) is 9.24. The maximum absolute atomic E-state index is 11.3. The number of hydrogen-bond donors (Lipinski definition) is 2. The SMILES string of the molecule is CCC1COCCN1CCn1cc(C(=O)NN)nn1. The van der Waals surface area contributed by atoms with Gasteiger partial charge in [0.15, 0.2) is 5.69 Å². The van der Waals surface area contributed by atoms with Gasteiger partial charge < -0.3 is 4.74 Å². The van der Waals surface area contributed by atoms with Crippen LogP contribution in [0.4, 0.5) is 0 Å². The van der Waals surface area contributed by atoms with Gasteiger partial charge in [-0.05, 0) is 6.42 Å². The van der Waals surface area contributed by atoms with E-state index < -0.39 is 5.91 Å². The van der Waals surface area contributed by atoms with Gasteiger partial charge in [0.25, 0.3) is 5.91 Å². The summed E-state index contributed by atoms with van der Waals surface area (Å²) < 4.78 is 7.12. The number of rotatable bonds is 5. The predicted molar refractivity (Wildman–Crippen MR) is 68.1 cm³/mol. The lowest BCUT2D eigenvalue weighted by Crippen LogP contribution is -2.46. The molecular formula is C11H20N6O2. The predicted octanol–water partition coefficient (Wildman–Crippen LogP) is -1.01. The Morgan fingerprint density at radius 1 is 1.63 bits per heavy atom. The van der Waals surface area contributed by atoms with Crippen molar-refractivity contribution in [3.05, 3.63) is 11.9 Å². The summed E-state index contributed by atoms with van der Waals surface area (Å²) in [6.45, 7) is 6.22. The van der Waals surface area contributed by atoms with E-state index in [-0.39, 0.29) is 5.69 Å². The number of nitrogens with zero attached hydrogens (tertiary/aromatic N) is 4.